The first-order valence-corrected chi connectivity index (χ1v) is 6.79. The van der Waals surface area contributed by atoms with E-state index >= 15 is 0 Å². The maximum Gasteiger partial charge on any atom is 0.241 e. The molecule has 0 heterocycles. The summed E-state index contributed by atoms with van der Waals surface area (Å²) in [6.45, 7) is 5.22. The van der Waals surface area contributed by atoms with E-state index in [1.165, 1.54) is 0 Å². The van der Waals surface area contributed by atoms with Crippen LogP contribution in [-0.4, -0.2) is 37.0 Å². The number of amides is 1. The van der Waals surface area contributed by atoms with Gasteiger partial charge in [-0.1, -0.05) is 32.0 Å². The predicted molar refractivity (Wildman–Crippen MR) is 80.0 cm³/mol. The summed E-state index contributed by atoms with van der Waals surface area (Å²) >= 11 is 0. The molecule has 0 aliphatic rings. The lowest BCUT2D eigenvalue weighted by molar-refractivity contribution is -0.128. The Balaban J connectivity index is 2.29. The molecule has 4 heteroatoms. The second kappa shape index (κ2) is 7.79. The molecule has 0 radical (unpaired) electrons. The minimum Gasteiger partial charge on any atom is -0.376 e. The maximum absolute atomic E-state index is 11.9. The molecule has 0 saturated heterocycles. The number of carbonyl (C=O) groups is 1. The lowest BCUT2D eigenvalue weighted by atomic mass is 10.0. The molecule has 1 amide bonds. The van der Waals surface area contributed by atoms with Gasteiger partial charge in [-0.15, -0.1) is 0 Å². The molecule has 0 aliphatic heterocycles. The van der Waals surface area contributed by atoms with E-state index in [-0.39, 0.29) is 11.9 Å². The molecule has 4 nitrogen and oxygen atoms in total. The fourth-order valence-corrected chi connectivity index (χ4v) is 1.67. The Kier molecular flexibility index (Phi) is 6.36. The molecule has 1 aromatic carbocycles. The van der Waals surface area contributed by atoms with Gasteiger partial charge in [0.25, 0.3) is 0 Å². The average Bonchev–Trinajstić information content (AvgIpc) is 2.42. The van der Waals surface area contributed by atoms with Gasteiger partial charge >= 0.3 is 0 Å². The van der Waals surface area contributed by atoms with Gasteiger partial charge in [0.05, 0.1) is 6.54 Å². The Morgan fingerprint density at radius 1 is 1.32 bits per heavy atom. The molecule has 1 rings (SSSR count). The summed E-state index contributed by atoms with van der Waals surface area (Å²) in [5.41, 5.74) is 6.94. The number of nitrogens with one attached hydrogen (secondary N) is 1. The van der Waals surface area contributed by atoms with E-state index in [1.54, 1.807) is 4.90 Å². The molecule has 1 unspecified atom stereocenters. The molecule has 0 spiro atoms. The number of likely N-dealkylation sites (N-methyl/N-ethyl adjacent to an activating group) is 1. The van der Waals surface area contributed by atoms with Gasteiger partial charge < -0.3 is 16.0 Å². The first-order valence-electron chi connectivity index (χ1n) is 6.79. The number of para-hydroxylation sites is 1. The van der Waals surface area contributed by atoms with Crippen molar-refractivity contribution in [1.82, 2.24) is 4.90 Å². The van der Waals surface area contributed by atoms with Gasteiger partial charge in [0.15, 0.2) is 0 Å². The van der Waals surface area contributed by atoms with Gasteiger partial charge in [0.1, 0.15) is 0 Å². The molecule has 0 fully saturated rings. The van der Waals surface area contributed by atoms with Crippen molar-refractivity contribution < 1.29 is 4.79 Å². The van der Waals surface area contributed by atoms with Crippen LogP contribution in [0.2, 0.25) is 0 Å². The highest BCUT2D eigenvalue weighted by Crippen LogP contribution is 2.06. The minimum atomic E-state index is 0.0832. The topological polar surface area (TPSA) is 58.4 Å². The zero-order valence-electron chi connectivity index (χ0n) is 12.1. The van der Waals surface area contributed by atoms with Crippen LogP contribution in [0.3, 0.4) is 0 Å². The second-order valence-corrected chi connectivity index (χ2v) is 5.23. The first-order chi connectivity index (χ1) is 9.00. The number of nitrogens with two attached hydrogens (primary N) is 1. The maximum atomic E-state index is 11.9. The largest absolute Gasteiger partial charge is 0.376 e. The summed E-state index contributed by atoms with van der Waals surface area (Å²) in [6, 6.07) is 9.88. The summed E-state index contributed by atoms with van der Waals surface area (Å²) in [5, 5.41) is 3.11. The number of carbonyl (C=O) groups excluding carboxylic acids is 1. The van der Waals surface area contributed by atoms with Crippen LogP contribution in [0.15, 0.2) is 30.3 Å². The third-order valence-corrected chi connectivity index (χ3v) is 3.30. The van der Waals surface area contributed by atoms with Gasteiger partial charge in [-0.2, -0.15) is 0 Å². The highest BCUT2D eigenvalue weighted by molar-refractivity contribution is 5.80. The molecule has 0 saturated carbocycles. The van der Waals surface area contributed by atoms with Crippen LogP contribution in [0.5, 0.6) is 0 Å². The normalized spacial score (nSPS) is 12.3. The third kappa shape index (κ3) is 5.75. The number of anilines is 1. The van der Waals surface area contributed by atoms with Crippen molar-refractivity contribution in [2.45, 2.75) is 26.3 Å². The van der Waals surface area contributed by atoms with Crippen LogP contribution < -0.4 is 11.1 Å². The van der Waals surface area contributed by atoms with E-state index in [0.717, 1.165) is 12.1 Å². The van der Waals surface area contributed by atoms with Crippen LogP contribution in [0, 0.1) is 5.92 Å². The molecule has 106 valence electrons. The van der Waals surface area contributed by atoms with Crippen molar-refractivity contribution in [1.29, 1.82) is 0 Å². The molecule has 19 heavy (non-hydrogen) atoms. The molecule has 3 N–H and O–H groups in total. The molecule has 0 bridgehead atoms. The average molecular weight is 263 g/mol. The van der Waals surface area contributed by atoms with Crippen molar-refractivity contribution >= 4 is 11.6 Å². The highest BCUT2D eigenvalue weighted by atomic mass is 16.2. The zero-order valence-corrected chi connectivity index (χ0v) is 12.1. The highest BCUT2D eigenvalue weighted by Gasteiger charge is 2.12. The van der Waals surface area contributed by atoms with E-state index < -0.39 is 0 Å². The lowest BCUT2D eigenvalue weighted by Gasteiger charge is -2.21. The SMILES string of the molecule is CC(C)C(N)CCN(C)C(=O)CNc1ccccc1. The molecule has 0 aromatic heterocycles. The summed E-state index contributed by atoms with van der Waals surface area (Å²) in [4.78, 5) is 13.7. The Morgan fingerprint density at radius 3 is 2.53 bits per heavy atom. The van der Waals surface area contributed by atoms with Gasteiger partial charge in [-0.3, -0.25) is 4.79 Å². The monoisotopic (exact) mass is 263 g/mol. The number of benzene rings is 1. The van der Waals surface area contributed by atoms with Crippen molar-refractivity contribution in [3.8, 4) is 0 Å². The number of hydrogen-bond acceptors (Lipinski definition) is 3. The van der Waals surface area contributed by atoms with Crippen LogP contribution in [0.4, 0.5) is 5.69 Å². The first kappa shape index (κ1) is 15.5. The lowest BCUT2D eigenvalue weighted by Crippen LogP contribution is -2.37. The van der Waals surface area contributed by atoms with Crippen molar-refractivity contribution in [3.05, 3.63) is 30.3 Å². The van der Waals surface area contributed by atoms with Crippen LogP contribution in [0.1, 0.15) is 20.3 Å². The predicted octanol–water partition coefficient (Wildman–Crippen LogP) is 1.93. The van der Waals surface area contributed by atoms with Crippen molar-refractivity contribution in [2.75, 3.05) is 25.5 Å². The number of rotatable bonds is 7. The molecule has 1 atom stereocenters. The second-order valence-electron chi connectivity index (χ2n) is 5.23. The Hall–Kier alpha value is -1.55. The van der Waals surface area contributed by atoms with Crippen LogP contribution in [0.25, 0.3) is 0 Å². The zero-order chi connectivity index (χ0) is 14.3. The Morgan fingerprint density at radius 2 is 1.95 bits per heavy atom. The number of nitrogens with zero attached hydrogens (tertiary/aromatic N) is 1. The van der Waals surface area contributed by atoms with Crippen LogP contribution in [-0.2, 0) is 4.79 Å². The molecule has 0 aliphatic carbocycles. The van der Waals surface area contributed by atoms with Gasteiger partial charge in [-0.25, -0.2) is 0 Å². The fourth-order valence-electron chi connectivity index (χ4n) is 1.67. The van der Waals surface area contributed by atoms with E-state index in [1.807, 2.05) is 37.4 Å². The van der Waals surface area contributed by atoms with E-state index in [9.17, 15) is 4.79 Å². The van der Waals surface area contributed by atoms with Gasteiger partial charge in [-0.05, 0) is 24.5 Å². The smallest absolute Gasteiger partial charge is 0.241 e. The van der Waals surface area contributed by atoms with E-state index in [2.05, 4.69) is 19.2 Å². The Bertz CT molecular complexity index is 378. The fraction of sp³-hybridized carbons (Fsp3) is 0.533. The van der Waals surface area contributed by atoms with Gasteiger partial charge in [0.2, 0.25) is 5.91 Å². The summed E-state index contributed by atoms with van der Waals surface area (Å²) < 4.78 is 0. The Labute approximate surface area is 116 Å². The molecular weight excluding hydrogens is 238 g/mol. The molecular formula is C15H25N3O. The standard InChI is InChI=1S/C15H25N3O/c1-12(2)14(16)9-10-18(3)15(19)11-17-13-7-5-4-6-8-13/h4-8,12,14,17H,9-11,16H2,1-3H3. The third-order valence-electron chi connectivity index (χ3n) is 3.30. The van der Waals surface area contributed by atoms with Gasteiger partial charge in [0, 0.05) is 25.3 Å². The van der Waals surface area contributed by atoms with E-state index in [0.29, 0.717) is 19.0 Å². The van der Waals surface area contributed by atoms with Crippen molar-refractivity contribution in [2.24, 2.45) is 11.7 Å². The summed E-state index contributed by atoms with van der Waals surface area (Å²) in [6.07, 6.45) is 0.839. The minimum absolute atomic E-state index is 0.0832. The van der Waals surface area contributed by atoms with Crippen molar-refractivity contribution in [3.63, 3.8) is 0 Å². The molecule has 1 aromatic rings. The summed E-state index contributed by atoms with van der Waals surface area (Å²) in [5.74, 6) is 0.533. The quantitative estimate of drug-likeness (QED) is 0.790. The number of hydrogen-bond donors (Lipinski definition) is 2. The van der Waals surface area contributed by atoms with Crippen LogP contribution >= 0.6 is 0 Å². The van der Waals surface area contributed by atoms with E-state index in [4.69, 9.17) is 5.73 Å². The summed E-state index contributed by atoms with van der Waals surface area (Å²) in [7, 11) is 1.82.